The van der Waals surface area contributed by atoms with Crippen molar-refractivity contribution in [3.8, 4) is 5.75 Å². The number of ketones is 1. The molecule has 5 saturated carbocycles. The molecule has 10 atom stereocenters. The molecule has 2 N–H and O–H groups in total. The van der Waals surface area contributed by atoms with Crippen molar-refractivity contribution < 1.29 is 33.7 Å². The van der Waals surface area contributed by atoms with E-state index in [0.717, 1.165) is 81.2 Å². The predicted octanol–water partition coefficient (Wildman–Crippen LogP) is 10.5. The van der Waals surface area contributed by atoms with Gasteiger partial charge in [-0.3, -0.25) is 14.4 Å². The van der Waals surface area contributed by atoms with Crippen molar-refractivity contribution in [2.45, 2.75) is 146 Å². The van der Waals surface area contributed by atoms with Gasteiger partial charge in [-0.25, -0.2) is 0 Å². The second kappa shape index (κ2) is 15.5. The molecule has 0 bridgehead atoms. The first-order valence-corrected chi connectivity index (χ1v) is 22.9. The van der Waals surface area contributed by atoms with Crippen LogP contribution in [0.5, 0.6) is 5.75 Å². The van der Waals surface area contributed by atoms with Crippen LogP contribution in [0.2, 0.25) is 5.02 Å². The van der Waals surface area contributed by atoms with E-state index in [0.29, 0.717) is 61.2 Å². The zero-order valence-electron chi connectivity index (χ0n) is 37.2. The number of Topliss-reactive ketones (excluding diaryl/α,β-unsaturated/α-hetero) is 1. The first kappa shape index (κ1) is 43.7. The highest BCUT2D eigenvalue weighted by molar-refractivity contribution is 6.30. The lowest BCUT2D eigenvalue weighted by atomic mass is 9.33. The number of fused-ring (bicyclic) bond motifs is 7. The van der Waals surface area contributed by atoms with Crippen molar-refractivity contribution in [3.05, 3.63) is 39.9 Å². The van der Waals surface area contributed by atoms with Gasteiger partial charge in [-0.15, -0.1) is 0 Å². The Morgan fingerprint density at radius 3 is 2.31 bits per heavy atom. The van der Waals surface area contributed by atoms with Gasteiger partial charge >= 0.3 is 11.9 Å². The first-order chi connectivity index (χ1) is 27.2. The number of benzene rings is 1. The molecule has 1 aromatic carbocycles. The summed E-state index contributed by atoms with van der Waals surface area (Å²) < 4.78 is 17.7. The van der Waals surface area contributed by atoms with Crippen molar-refractivity contribution in [2.75, 3.05) is 26.9 Å². The van der Waals surface area contributed by atoms with Crippen LogP contribution in [-0.2, 0) is 30.4 Å². The summed E-state index contributed by atoms with van der Waals surface area (Å²) in [6.07, 6.45) is 10.4. The number of methoxy groups -OCH3 is 1. The molecule has 322 valence electrons. The lowest BCUT2D eigenvalue weighted by Crippen LogP contribution is -2.66. The predicted molar refractivity (Wildman–Crippen MR) is 227 cm³/mol. The molecule has 0 aliphatic heterocycles. The van der Waals surface area contributed by atoms with Crippen molar-refractivity contribution in [1.82, 2.24) is 5.32 Å². The Morgan fingerprint density at radius 2 is 1.64 bits per heavy atom. The van der Waals surface area contributed by atoms with Crippen LogP contribution >= 0.6 is 11.6 Å². The fraction of sp³-hybridized carbons (Fsp3) is 0.776. The van der Waals surface area contributed by atoms with Gasteiger partial charge in [0.15, 0.2) is 5.78 Å². The van der Waals surface area contributed by atoms with Crippen LogP contribution in [0.3, 0.4) is 0 Å². The minimum absolute atomic E-state index is 0.0859. The lowest BCUT2D eigenvalue weighted by Gasteiger charge is -2.72. The molecule has 0 amide bonds. The number of nitrogens with one attached hydrogen (secondary N) is 1. The van der Waals surface area contributed by atoms with E-state index in [1.54, 1.807) is 7.11 Å². The fourth-order valence-corrected chi connectivity index (χ4v) is 15.0. The maximum atomic E-state index is 14.2. The van der Waals surface area contributed by atoms with Crippen molar-refractivity contribution in [3.63, 3.8) is 0 Å². The molecule has 0 aromatic heterocycles. The smallest absolute Gasteiger partial charge is 0.309 e. The third-order valence-corrected chi connectivity index (χ3v) is 18.5. The molecule has 0 saturated heterocycles. The molecular weight excluding hydrogens is 750 g/mol. The van der Waals surface area contributed by atoms with Crippen LogP contribution in [0.25, 0.3) is 0 Å². The number of allylic oxidation sites excluding steroid dienone is 2. The van der Waals surface area contributed by atoms with Crippen molar-refractivity contribution in [1.29, 1.82) is 0 Å². The monoisotopic (exact) mass is 821 g/mol. The van der Waals surface area contributed by atoms with Crippen LogP contribution in [0, 0.1) is 68.0 Å². The van der Waals surface area contributed by atoms with E-state index in [2.05, 4.69) is 53.8 Å². The Bertz CT molecular complexity index is 1820. The van der Waals surface area contributed by atoms with Crippen LogP contribution in [-0.4, -0.2) is 55.8 Å². The number of esters is 1. The number of carboxylic acids is 1. The largest absolute Gasteiger partial charge is 0.491 e. The quantitative estimate of drug-likeness (QED) is 0.149. The number of aliphatic carboxylic acids is 1. The zero-order chi connectivity index (χ0) is 42.2. The summed E-state index contributed by atoms with van der Waals surface area (Å²) in [5.74, 6) is 0.830. The second-order valence-electron chi connectivity index (χ2n) is 21.8. The van der Waals surface area contributed by atoms with E-state index in [1.165, 1.54) is 5.57 Å². The summed E-state index contributed by atoms with van der Waals surface area (Å²) in [5.41, 5.74) is 3.17. The zero-order valence-corrected chi connectivity index (χ0v) is 37.9. The Labute approximate surface area is 353 Å². The van der Waals surface area contributed by atoms with Gasteiger partial charge in [0.1, 0.15) is 18.5 Å². The third-order valence-electron chi connectivity index (χ3n) is 18.3. The van der Waals surface area contributed by atoms with Gasteiger partial charge in [0.2, 0.25) is 0 Å². The number of hydrogen-bond acceptors (Lipinski definition) is 7. The van der Waals surface area contributed by atoms with Crippen LogP contribution in [0.1, 0.15) is 139 Å². The van der Waals surface area contributed by atoms with Crippen LogP contribution in [0.15, 0.2) is 29.3 Å². The van der Waals surface area contributed by atoms with Gasteiger partial charge < -0.3 is 24.6 Å². The summed E-state index contributed by atoms with van der Waals surface area (Å²) in [7, 11) is 1.67. The molecule has 6 aliphatic rings. The fourth-order valence-electron chi connectivity index (χ4n) is 14.8. The van der Waals surface area contributed by atoms with E-state index in [4.69, 9.17) is 25.8 Å². The van der Waals surface area contributed by atoms with E-state index in [1.807, 2.05) is 32.0 Å². The van der Waals surface area contributed by atoms with Gasteiger partial charge in [0.05, 0.1) is 18.4 Å². The van der Waals surface area contributed by atoms with E-state index in [-0.39, 0.29) is 51.0 Å². The number of ether oxygens (including phenoxy) is 3. The lowest BCUT2D eigenvalue weighted by molar-refractivity contribution is -0.236. The summed E-state index contributed by atoms with van der Waals surface area (Å²) in [6, 6.07) is 5.82. The first-order valence-electron chi connectivity index (χ1n) is 22.5. The number of halogens is 1. The van der Waals surface area contributed by atoms with Gasteiger partial charge in [-0.05, 0) is 134 Å². The number of carbonyl (C=O) groups excluding carboxylic acids is 2. The molecule has 1 aromatic rings. The molecule has 6 aliphatic carbocycles. The standard InChI is InChI=1S/C49H72ClNO7/c1-29(2)40-35(52)27-49(21-22-51-28-30-11-12-31(50)25-36(30)57-24-23-56-10)20-19-47(8)32(41(40)49)13-14-38-46(7)17-16-39(45(5,6)37(46)15-18-48(38,47)9)58-43(55)34-26-33(42(53)54)44(34,3)4/h11-12,25,29,32-34,37-39,51H,13-24,26-28H2,1-10H3,(H,53,54)/t32-,33+,34-,37+,38-,39+,46+,47-,48-,49-/m1/s1. The van der Waals surface area contributed by atoms with E-state index in [9.17, 15) is 19.5 Å². The van der Waals surface area contributed by atoms with Gasteiger partial charge in [-0.1, -0.05) is 85.6 Å². The summed E-state index contributed by atoms with van der Waals surface area (Å²) in [5, 5.41) is 14.1. The minimum Gasteiger partial charge on any atom is -0.491 e. The summed E-state index contributed by atoms with van der Waals surface area (Å²) >= 11 is 6.34. The molecule has 9 heteroatoms. The highest BCUT2D eigenvalue weighted by Crippen LogP contribution is 2.77. The average molecular weight is 823 g/mol. The average Bonchev–Trinajstić information content (AvgIpc) is 3.44. The summed E-state index contributed by atoms with van der Waals surface area (Å²) in [6.45, 7) is 23.2. The van der Waals surface area contributed by atoms with Gasteiger partial charge in [0, 0.05) is 41.5 Å². The van der Waals surface area contributed by atoms with Gasteiger partial charge in [-0.2, -0.15) is 0 Å². The molecule has 0 spiro atoms. The molecular formula is C49H72ClNO7. The highest BCUT2D eigenvalue weighted by Gasteiger charge is 2.70. The minimum atomic E-state index is -0.821. The van der Waals surface area contributed by atoms with Crippen LogP contribution < -0.4 is 10.1 Å². The number of rotatable bonds is 13. The molecule has 0 heterocycles. The Balaban J connectivity index is 1.09. The molecule has 5 fully saturated rings. The normalized spacial score (nSPS) is 38.6. The number of carboxylic acid groups (broad SMARTS) is 1. The molecule has 7 rings (SSSR count). The van der Waals surface area contributed by atoms with Crippen molar-refractivity contribution in [2.24, 2.45) is 68.0 Å². The summed E-state index contributed by atoms with van der Waals surface area (Å²) in [4.78, 5) is 39.6. The van der Waals surface area contributed by atoms with Gasteiger partial charge in [0.25, 0.3) is 0 Å². The van der Waals surface area contributed by atoms with E-state index < -0.39 is 17.3 Å². The maximum Gasteiger partial charge on any atom is 0.309 e. The van der Waals surface area contributed by atoms with E-state index >= 15 is 0 Å². The maximum absolute atomic E-state index is 14.2. The molecule has 58 heavy (non-hydrogen) atoms. The second-order valence-corrected chi connectivity index (χ2v) is 22.2. The van der Waals surface area contributed by atoms with Crippen LogP contribution in [0.4, 0.5) is 0 Å². The molecule has 0 radical (unpaired) electrons. The SMILES string of the molecule is COCCOc1cc(Cl)ccc1CNCC[C@@]12CC[C@]3(C)[C@H](CC[C@@H]4[C@@]5(C)CC[C@H](OC(=O)[C@H]6C[C@@H](C(=O)O)C6(C)C)C(C)(C)[C@@H]5CC[C@]43C)C1=C(C(C)C)C(=O)C2. The number of carbonyl (C=O) groups is 3. The number of hydrogen-bond donors (Lipinski definition) is 2. The highest BCUT2D eigenvalue weighted by atomic mass is 35.5. The molecule has 8 nitrogen and oxygen atoms in total. The van der Waals surface area contributed by atoms with Crippen molar-refractivity contribution >= 4 is 29.3 Å². The third kappa shape index (κ3) is 6.80. The molecule has 0 unspecified atom stereocenters. The topological polar surface area (TPSA) is 111 Å². The Hall–Kier alpha value is -2.42. The Kier molecular flexibility index (Phi) is 11.7. The Morgan fingerprint density at radius 1 is 0.897 bits per heavy atom.